The van der Waals surface area contributed by atoms with Crippen molar-refractivity contribution in [2.45, 2.75) is 129 Å². The number of nitrogens with zero attached hydrogens (tertiary/aromatic N) is 1. The van der Waals surface area contributed by atoms with Crippen LogP contribution in [0.2, 0.25) is 0 Å². The van der Waals surface area contributed by atoms with Gasteiger partial charge in [0.05, 0.1) is 6.04 Å². The smallest absolute Gasteiger partial charge is 0.332 e. The number of benzene rings is 1. The first-order valence-electron chi connectivity index (χ1n) is 17.6. The van der Waals surface area contributed by atoms with E-state index in [0.717, 1.165) is 50.5 Å². The molecule has 1 aliphatic heterocycles. The topological polar surface area (TPSA) is 177 Å². The summed E-state index contributed by atoms with van der Waals surface area (Å²) in [5.74, 6) is -3.65. The first-order chi connectivity index (χ1) is 22.9. The molecule has 0 spiro atoms. The number of hydrogen-bond acceptors (Lipinski definition) is 7. The Kier molecular flexibility index (Phi) is 14.4. The Bertz CT molecular complexity index is 1280. The van der Waals surface area contributed by atoms with Gasteiger partial charge in [-0.15, -0.1) is 0 Å². The zero-order valence-corrected chi connectivity index (χ0v) is 29.2. The molecule has 5 amide bonds. The van der Waals surface area contributed by atoms with Crippen LogP contribution in [0.4, 0.5) is 4.79 Å². The lowest BCUT2D eigenvalue weighted by atomic mass is 9.83. The van der Waals surface area contributed by atoms with Gasteiger partial charge in [0.1, 0.15) is 24.2 Å². The summed E-state index contributed by atoms with van der Waals surface area (Å²) in [6, 6.07) is 5.79. The van der Waals surface area contributed by atoms with Gasteiger partial charge >= 0.3 is 12.0 Å². The number of ether oxygens (including phenoxy) is 1. The van der Waals surface area contributed by atoms with Crippen molar-refractivity contribution < 1.29 is 33.5 Å². The number of nitrogens with two attached hydrogens (primary N) is 1. The first-order valence-corrected chi connectivity index (χ1v) is 17.6. The second kappa shape index (κ2) is 18.0. The molecule has 4 atom stereocenters. The maximum absolute atomic E-state index is 14.2. The van der Waals surface area contributed by atoms with Crippen molar-refractivity contribution in [3.8, 4) is 0 Å². The summed E-state index contributed by atoms with van der Waals surface area (Å²) in [6.07, 6.45) is 7.47. The third-order valence-electron chi connectivity index (χ3n) is 9.82. The largest absolute Gasteiger partial charge is 0.459 e. The molecular formula is C36H55N5O7. The Labute approximate surface area is 284 Å². The number of hydrogen-bond donors (Lipinski definition) is 4. The molecule has 1 aromatic carbocycles. The van der Waals surface area contributed by atoms with E-state index in [-0.39, 0.29) is 30.3 Å². The zero-order chi connectivity index (χ0) is 35.4. The minimum absolute atomic E-state index is 0.0550. The van der Waals surface area contributed by atoms with E-state index in [9.17, 15) is 28.8 Å². The summed E-state index contributed by atoms with van der Waals surface area (Å²) in [7, 11) is 0. The van der Waals surface area contributed by atoms with Crippen LogP contribution in [-0.4, -0.2) is 70.6 Å². The molecule has 4 unspecified atom stereocenters. The number of carbonyl (C=O) groups is 6. The van der Waals surface area contributed by atoms with E-state index >= 15 is 0 Å². The van der Waals surface area contributed by atoms with Crippen LogP contribution in [0.1, 0.15) is 104 Å². The lowest BCUT2D eigenvalue weighted by molar-refractivity contribution is -0.153. The van der Waals surface area contributed by atoms with E-state index < -0.39 is 53.3 Å². The fraction of sp³-hybridized carbons (Fsp3) is 0.667. The fourth-order valence-corrected chi connectivity index (χ4v) is 6.41. The number of esters is 1. The van der Waals surface area contributed by atoms with Crippen LogP contribution < -0.4 is 21.7 Å². The molecule has 1 heterocycles. The molecule has 0 radical (unpaired) electrons. The molecule has 2 aliphatic carbocycles. The number of urea groups is 1. The highest BCUT2D eigenvalue weighted by Crippen LogP contribution is 2.34. The van der Waals surface area contributed by atoms with E-state index in [2.05, 4.69) is 16.0 Å². The highest BCUT2D eigenvalue weighted by molar-refractivity contribution is 6.37. The van der Waals surface area contributed by atoms with Gasteiger partial charge in [-0.1, -0.05) is 90.1 Å². The molecule has 3 fully saturated rings. The number of likely N-dealkylation sites (tertiary alicyclic amines) is 1. The van der Waals surface area contributed by atoms with E-state index in [1.165, 1.54) is 4.90 Å². The summed E-state index contributed by atoms with van der Waals surface area (Å²) in [6.45, 7) is 9.59. The minimum Gasteiger partial charge on any atom is -0.459 e. The number of rotatable bonds is 14. The molecule has 12 nitrogen and oxygen atoms in total. The Morgan fingerprint density at radius 3 is 2.15 bits per heavy atom. The van der Waals surface area contributed by atoms with Gasteiger partial charge in [-0.25, -0.2) is 9.59 Å². The molecular weight excluding hydrogens is 614 g/mol. The Morgan fingerprint density at radius 2 is 1.56 bits per heavy atom. The molecule has 0 aromatic heterocycles. The van der Waals surface area contributed by atoms with Crippen molar-refractivity contribution in [3.63, 3.8) is 0 Å². The number of carbonyl (C=O) groups excluding carboxylic acids is 6. The molecule has 4 rings (SSSR count). The van der Waals surface area contributed by atoms with Gasteiger partial charge in [0.15, 0.2) is 0 Å². The fourth-order valence-electron chi connectivity index (χ4n) is 6.41. The second-order valence-electron chi connectivity index (χ2n) is 13.6. The van der Waals surface area contributed by atoms with E-state index in [1.54, 1.807) is 20.8 Å². The first kappa shape index (κ1) is 38.5. The van der Waals surface area contributed by atoms with Gasteiger partial charge in [-0.05, 0) is 62.3 Å². The van der Waals surface area contributed by atoms with Gasteiger partial charge in [0.25, 0.3) is 5.91 Å². The van der Waals surface area contributed by atoms with Crippen molar-refractivity contribution in [3.05, 3.63) is 35.9 Å². The summed E-state index contributed by atoms with van der Waals surface area (Å²) < 4.78 is 5.58. The molecule has 12 heteroatoms. The van der Waals surface area contributed by atoms with E-state index in [1.807, 2.05) is 44.2 Å². The van der Waals surface area contributed by atoms with Crippen LogP contribution >= 0.6 is 0 Å². The van der Waals surface area contributed by atoms with Crippen LogP contribution in [0.15, 0.2) is 30.3 Å². The van der Waals surface area contributed by atoms with Crippen molar-refractivity contribution in [1.29, 1.82) is 0 Å². The highest BCUT2D eigenvalue weighted by Gasteiger charge is 2.44. The lowest BCUT2D eigenvalue weighted by Crippen LogP contribution is -2.63. The maximum atomic E-state index is 14.2. The summed E-state index contributed by atoms with van der Waals surface area (Å²) in [5, 5.41) is 8.37. The predicted molar refractivity (Wildman–Crippen MR) is 181 cm³/mol. The standard InChI is InChI=1S/C34H49N5O7.C2H6/c1-21(2)34(3,32(44)46-20-23-11-6-4-7-12-23)38-33(45)37-27(24-13-8-5-9-14-24)31(43)39-18-10-15-26(39)30(42)36-25(19-22-16-17-22)28(40)29(35)41;1-2/h4,6-7,11-12,21-22,24-27H,5,8-10,13-20H2,1-3H3,(H2,35,41)(H,36,42)(H2,37,38,45);1-2H3. The zero-order valence-electron chi connectivity index (χ0n) is 29.2. The van der Waals surface area contributed by atoms with E-state index in [4.69, 9.17) is 10.5 Å². The van der Waals surface area contributed by atoms with Gasteiger partial charge in [-0.3, -0.25) is 19.2 Å². The van der Waals surface area contributed by atoms with E-state index in [0.29, 0.717) is 25.8 Å². The molecule has 2 saturated carbocycles. The molecule has 3 aliphatic rings. The van der Waals surface area contributed by atoms with Crippen LogP contribution in [0.5, 0.6) is 0 Å². The average molecular weight is 670 g/mol. The number of nitrogens with one attached hydrogen (secondary N) is 3. The third-order valence-corrected chi connectivity index (χ3v) is 9.82. The second-order valence-corrected chi connectivity index (χ2v) is 13.6. The van der Waals surface area contributed by atoms with Crippen molar-refractivity contribution in [2.75, 3.05) is 6.54 Å². The van der Waals surface area contributed by atoms with Crippen LogP contribution in [-0.2, 0) is 35.3 Å². The third kappa shape index (κ3) is 10.3. The quantitative estimate of drug-likeness (QED) is 0.172. The SMILES string of the molecule is CC.CC(C)C(C)(NC(=O)NC(C(=O)N1CCCC1C(=O)NC(CC1CC1)C(=O)C(N)=O)C1CCCCC1)C(=O)OCc1ccccc1. The molecule has 266 valence electrons. The van der Waals surface area contributed by atoms with Gasteiger partial charge < -0.3 is 31.3 Å². The number of Topliss-reactive ketones (excluding diaryl/α,β-unsaturated/α-hetero) is 1. The number of primary amides is 1. The van der Waals surface area contributed by atoms with Gasteiger partial charge in [0.2, 0.25) is 17.6 Å². The van der Waals surface area contributed by atoms with Crippen LogP contribution in [0.25, 0.3) is 0 Å². The highest BCUT2D eigenvalue weighted by atomic mass is 16.5. The Hall–Kier alpha value is -3.96. The maximum Gasteiger partial charge on any atom is 0.332 e. The molecule has 0 bridgehead atoms. The predicted octanol–water partition coefficient (Wildman–Crippen LogP) is 3.75. The molecule has 1 saturated heterocycles. The summed E-state index contributed by atoms with van der Waals surface area (Å²) >= 11 is 0. The molecule has 1 aromatic rings. The van der Waals surface area contributed by atoms with Gasteiger partial charge in [-0.2, -0.15) is 0 Å². The monoisotopic (exact) mass is 669 g/mol. The van der Waals surface area contributed by atoms with Crippen LogP contribution in [0.3, 0.4) is 0 Å². The van der Waals surface area contributed by atoms with Crippen molar-refractivity contribution in [1.82, 2.24) is 20.9 Å². The minimum atomic E-state index is -1.38. The molecule has 48 heavy (non-hydrogen) atoms. The Balaban J connectivity index is 0.00000307. The normalized spacial score (nSPS) is 20.3. The van der Waals surface area contributed by atoms with Crippen LogP contribution in [0, 0.1) is 17.8 Å². The summed E-state index contributed by atoms with van der Waals surface area (Å²) in [4.78, 5) is 80.1. The summed E-state index contributed by atoms with van der Waals surface area (Å²) in [5.41, 5.74) is 4.69. The van der Waals surface area contributed by atoms with Gasteiger partial charge in [0, 0.05) is 6.54 Å². The van der Waals surface area contributed by atoms with Crippen molar-refractivity contribution >= 4 is 35.5 Å². The number of ketones is 1. The van der Waals surface area contributed by atoms with Crippen molar-refractivity contribution in [2.24, 2.45) is 23.5 Å². The number of amides is 5. The molecule has 5 N–H and O–H groups in total. The average Bonchev–Trinajstić information content (AvgIpc) is 3.77. The Morgan fingerprint density at radius 1 is 0.917 bits per heavy atom. The lowest BCUT2D eigenvalue weighted by Gasteiger charge is -2.37.